The molecule has 0 heterocycles. The molecule has 0 radical (unpaired) electrons. The van der Waals surface area contributed by atoms with E-state index in [4.69, 9.17) is 10.5 Å². The fraction of sp³-hybridized carbons (Fsp3) is 0.235. The third-order valence-corrected chi connectivity index (χ3v) is 3.22. The van der Waals surface area contributed by atoms with Crippen molar-refractivity contribution in [3.8, 4) is 0 Å². The van der Waals surface area contributed by atoms with Crippen LogP contribution in [0.15, 0.2) is 54.6 Å². The number of ether oxygens (including phenoxy) is 1. The molecule has 2 rings (SSSR count). The van der Waals surface area contributed by atoms with E-state index in [0.29, 0.717) is 13.0 Å². The molecule has 0 bridgehead atoms. The molecule has 0 aromatic heterocycles. The molecule has 2 aromatic carbocycles. The lowest BCUT2D eigenvalue weighted by atomic mass is 9.88. The van der Waals surface area contributed by atoms with Gasteiger partial charge in [-0.25, -0.2) is 0 Å². The third kappa shape index (κ3) is 3.60. The summed E-state index contributed by atoms with van der Waals surface area (Å²) in [6.07, 6.45) is 0.335. The molecular formula is C17H19NO2. The van der Waals surface area contributed by atoms with Crippen molar-refractivity contribution in [2.75, 3.05) is 12.3 Å². The number of esters is 1. The first-order valence-corrected chi connectivity index (χ1v) is 6.76. The van der Waals surface area contributed by atoms with Gasteiger partial charge in [-0.05, 0) is 30.2 Å². The predicted octanol–water partition coefficient (Wildman–Crippen LogP) is 3.35. The highest BCUT2D eigenvalue weighted by molar-refractivity contribution is 5.71. The van der Waals surface area contributed by atoms with Crippen molar-refractivity contribution >= 4 is 11.7 Å². The molecule has 1 unspecified atom stereocenters. The topological polar surface area (TPSA) is 52.3 Å². The highest BCUT2D eigenvalue weighted by Gasteiger charge is 2.18. The van der Waals surface area contributed by atoms with Crippen LogP contribution in [0.2, 0.25) is 0 Å². The Morgan fingerprint density at radius 2 is 1.65 bits per heavy atom. The van der Waals surface area contributed by atoms with E-state index in [0.717, 1.165) is 16.8 Å². The molecule has 0 aliphatic carbocycles. The molecule has 0 spiro atoms. The highest BCUT2D eigenvalue weighted by Crippen LogP contribution is 2.28. The Labute approximate surface area is 119 Å². The Morgan fingerprint density at radius 3 is 2.25 bits per heavy atom. The number of anilines is 1. The average molecular weight is 269 g/mol. The van der Waals surface area contributed by atoms with Crippen LogP contribution in [0.25, 0.3) is 0 Å². The van der Waals surface area contributed by atoms with E-state index in [1.807, 2.05) is 61.5 Å². The van der Waals surface area contributed by atoms with Crippen molar-refractivity contribution in [2.45, 2.75) is 19.3 Å². The first-order chi connectivity index (χ1) is 9.70. The first-order valence-electron chi connectivity index (χ1n) is 6.76. The summed E-state index contributed by atoms with van der Waals surface area (Å²) in [5.41, 5.74) is 8.61. The summed E-state index contributed by atoms with van der Waals surface area (Å²) in [5, 5.41) is 0. The number of nitrogens with two attached hydrogens (primary N) is 1. The second kappa shape index (κ2) is 6.75. The molecule has 0 saturated heterocycles. The van der Waals surface area contributed by atoms with Gasteiger partial charge in [0.2, 0.25) is 0 Å². The van der Waals surface area contributed by atoms with E-state index in [2.05, 4.69) is 0 Å². The quantitative estimate of drug-likeness (QED) is 0.669. The van der Waals surface area contributed by atoms with Crippen LogP contribution in [0.5, 0.6) is 0 Å². The minimum Gasteiger partial charge on any atom is -0.466 e. The van der Waals surface area contributed by atoms with Crippen molar-refractivity contribution < 1.29 is 9.53 Å². The van der Waals surface area contributed by atoms with E-state index < -0.39 is 0 Å². The van der Waals surface area contributed by atoms with Gasteiger partial charge in [0.15, 0.2) is 0 Å². The molecule has 1 atom stereocenters. The fourth-order valence-corrected chi connectivity index (χ4v) is 2.23. The molecule has 3 nitrogen and oxygen atoms in total. The number of carbonyl (C=O) groups is 1. The van der Waals surface area contributed by atoms with Crippen molar-refractivity contribution in [3.63, 3.8) is 0 Å². The molecule has 0 amide bonds. The zero-order valence-electron chi connectivity index (χ0n) is 11.6. The van der Waals surface area contributed by atoms with Gasteiger partial charge in [-0.2, -0.15) is 0 Å². The summed E-state index contributed by atoms with van der Waals surface area (Å²) in [5.74, 6) is -0.186. The first kappa shape index (κ1) is 14.1. The summed E-state index contributed by atoms with van der Waals surface area (Å²) >= 11 is 0. The number of carbonyl (C=O) groups excluding carboxylic acids is 1. The second-order valence-corrected chi connectivity index (χ2v) is 4.64. The number of benzene rings is 2. The molecule has 3 heteroatoms. The lowest BCUT2D eigenvalue weighted by Crippen LogP contribution is -2.11. The minimum absolute atomic E-state index is 0.00384. The Balaban J connectivity index is 2.29. The van der Waals surface area contributed by atoms with Gasteiger partial charge in [0, 0.05) is 11.6 Å². The summed E-state index contributed by atoms with van der Waals surface area (Å²) in [7, 11) is 0. The van der Waals surface area contributed by atoms with Crippen molar-refractivity contribution in [3.05, 3.63) is 65.7 Å². The Hall–Kier alpha value is -2.29. The van der Waals surface area contributed by atoms with Gasteiger partial charge in [0.1, 0.15) is 0 Å². The zero-order chi connectivity index (χ0) is 14.4. The molecular weight excluding hydrogens is 250 g/mol. The minimum atomic E-state index is -0.182. The zero-order valence-corrected chi connectivity index (χ0v) is 11.6. The van der Waals surface area contributed by atoms with Crippen LogP contribution in [0, 0.1) is 0 Å². The van der Waals surface area contributed by atoms with E-state index in [1.54, 1.807) is 0 Å². The van der Waals surface area contributed by atoms with Crippen LogP contribution in [0.4, 0.5) is 5.69 Å². The van der Waals surface area contributed by atoms with Crippen LogP contribution < -0.4 is 5.73 Å². The normalized spacial score (nSPS) is 11.8. The second-order valence-electron chi connectivity index (χ2n) is 4.64. The van der Waals surface area contributed by atoms with Gasteiger partial charge < -0.3 is 10.5 Å². The molecule has 0 fully saturated rings. The summed E-state index contributed by atoms with van der Waals surface area (Å²) in [4.78, 5) is 11.8. The maximum absolute atomic E-state index is 11.8. The van der Waals surface area contributed by atoms with E-state index in [1.165, 1.54) is 0 Å². The lowest BCUT2D eigenvalue weighted by Gasteiger charge is -2.17. The van der Waals surface area contributed by atoms with Crippen LogP contribution in [-0.2, 0) is 9.53 Å². The number of rotatable bonds is 5. The number of nitrogen functional groups attached to an aromatic ring is 1. The van der Waals surface area contributed by atoms with E-state index >= 15 is 0 Å². The van der Waals surface area contributed by atoms with Gasteiger partial charge in [0.05, 0.1) is 13.0 Å². The Morgan fingerprint density at radius 1 is 1.05 bits per heavy atom. The molecule has 20 heavy (non-hydrogen) atoms. The molecule has 2 aromatic rings. The fourth-order valence-electron chi connectivity index (χ4n) is 2.23. The molecule has 0 aliphatic rings. The molecule has 0 saturated carbocycles. The van der Waals surface area contributed by atoms with E-state index in [9.17, 15) is 4.79 Å². The van der Waals surface area contributed by atoms with Crippen molar-refractivity contribution in [1.29, 1.82) is 0 Å². The van der Waals surface area contributed by atoms with E-state index in [-0.39, 0.29) is 11.9 Å². The number of hydrogen-bond acceptors (Lipinski definition) is 3. The van der Waals surface area contributed by atoms with Crippen LogP contribution >= 0.6 is 0 Å². The van der Waals surface area contributed by atoms with Crippen molar-refractivity contribution in [1.82, 2.24) is 0 Å². The monoisotopic (exact) mass is 269 g/mol. The smallest absolute Gasteiger partial charge is 0.306 e. The van der Waals surface area contributed by atoms with Gasteiger partial charge in [0.25, 0.3) is 0 Å². The SMILES string of the molecule is CCOC(=O)CC(c1ccccc1)c1ccc(N)cc1. The molecule has 0 aliphatic heterocycles. The van der Waals surface area contributed by atoms with Gasteiger partial charge >= 0.3 is 5.97 Å². The van der Waals surface area contributed by atoms with Gasteiger partial charge in [-0.15, -0.1) is 0 Å². The maximum atomic E-state index is 11.8. The van der Waals surface area contributed by atoms with Crippen LogP contribution in [0.1, 0.15) is 30.4 Å². The summed E-state index contributed by atoms with van der Waals surface area (Å²) in [6, 6.07) is 17.6. The molecule has 2 N–H and O–H groups in total. The van der Waals surface area contributed by atoms with Gasteiger partial charge in [-0.1, -0.05) is 42.5 Å². The summed E-state index contributed by atoms with van der Waals surface area (Å²) < 4.78 is 5.08. The highest BCUT2D eigenvalue weighted by atomic mass is 16.5. The largest absolute Gasteiger partial charge is 0.466 e. The standard InChI is InChI=1S/C17H19NO2/c1-2-20-17(19)12-16(13-6-4-3-5-7-13)14-8-10-15(18)11-9-14/h3-11,16H,2,12,18H2,1H3. The Bertz CT molecular complexity index is 549. The summed E-state index contributed by atoms with van der Waals surface area (Å²) in [6.45, 7) is 2.22. The van der Waals surface area contributed by atoms with Crippen LogP contribution in [0.3, 0.4) is 0 Å². The predicted molar refractivity (Wildman–Crippen MR) is 80.4 cm³/mol. The third-order valence-electron chi connectivity index (χ3n) is 3.22. The number of hydrogen-bond donors (Lipinski definition) is 1. The average Bonchev–Trinajstić information content (AvgIpc) is 2.47. The van der Waals surface area contributed by atoms with Gasteiger partial charge in [-0.3, -0.25) is 4.79 Å². The lowest BCUT2D eigenvalue weighted by molar-refractivity contribution is -0.143. The maximum Gasteiger partial charge on any atom is 0.306 e. The van der Waals surface area contributed by atoms with Crippen LogP contribution in [-0.4, -0.2) is 12.6 Å². The molecule has 104 valence electrons. The Kier molecular flexibility index (Phi) is 4.77. The van der Waals surface area contributed by atoms with Crippen molar-refractivity contribution in [2.24, 2.45) is 0 Å².